The van der Waals surface area contributed by atoms with Crippen LogP contribution in [0.1, 0.15) is 54.4 Å². The van der Waals surface area contributed by atoms with E-state index in [1.165, 1.54) is 28.7 Å². The van der Waals surface area contributed by atoms with E-state index in [2.05, 4.69) is 56.0 Å². The molecule has 2 aromatic rings. The van der Waals surface area contributed by atoms with E-state index in [-0.39, 0.29) is 0 Å². The molecule has 0 heterocycles. The topological polar surface area (TPSA) is 9.23 Å². The first-order valence-electron chi connectivity index (χ1n) is 9.24. The van der Waals surface area contributed by atoms with E-state index in [1.807, 2.05) is 6.08 Å². The van der Waals surface area contributed by atoms with Gasteiger partial charge in [-0.3, -0.25) is 0 Å². The van der Waals surface area contributed by atoms with Crippen molar-refractivity contribution in [3.05, 3.63) is 77.4 Å². The smallest absolute Gasteiger partial charge is 0.119 e. The molecule has 1 aliphatic carbocycles. The average Bonchev–Trinajstić information content (AvgIpc) is 2.65. The Hall–Kier alpha value is -2.02. The van der Waals surface area contributed by atoms with Crippen molar-refractivity contribution in [1.82, 2.24) is 0 Å². The molecule has 0 fully saturated rings. The van der Waals surface area contributed by atoms with Crippen LogP contribution in [0.3, 0.4) is 0 Å². The van der Waals surface area contributed by atoms with Gasteiger partial charge in [0.05, 0.1) is 6.61 Å². The summed E-state index contributed by atoms with van der Waals surface area (Å²) in [5, 5.41) is 0. The number of hydrogen-bond donors (Lipinski definition) is 0. The van der Waals surface area contributed by atoms with Gasteiger partial charge in [-0.2, -0.15) is 0 Å². The van der Waals surface area contributed by atoms with Gasteiger partial charge in [-0.25, -0.2) is 0 Å². The zero-order valence-corrected chi connectivity index (χ0v) is 14.8. The molecule has 0 amide bonds. The standard InChI is InChI=1S/C23H28O/c1-3-5-6-15-24-23-14-13-21-16-20(11-12-22(21)17-23)19-9-7-18(4-2)8-10-19/h3,7-10,13-14,17,20H,1,4-6,11-12,15-16H2,2H3. The van der Waals surface area contributed by atoms with E-state index in [1.54, 1.807) is 0 Å². The van der Waals surface area contributed by atoms with Crippen LogP contribution in [0, 0.1) is 0 Å². The number of aryl methyl sites for hydroxylation is 2. The highest BCUT2D eigenvalue weighted by Crippen LogP contribution is 2.34. The molecule has 0 saturated carbocycles. The Bertz CT molecular complexity index is 669. The summed E-state index contributed by atoms with van der Waals surface area (Å²) in [6.45, 7) is 6.74. The second-order valence-electron chi connectivity index (χ2n) is 6.74. The molecule has 0 N–H and O–H groups in total. The van der Waals surface area contributed by atoms with E-state index in [0.29, 0.717) is 5.92 Å². The molecule has 1 aliphatic rings. The Morgan fingerprint density at radius 3 is 2.71 bits per heavy atom. The minimum atomic E-state index is 0.655. The zero-order chi connectivity index (χ0) is 16.8. The van der Waals surface area contributed by atoms with Gasteiger partial charge in [0, 0.05) is 0 Å². The van der Waals surface area contributed by atoms with Crippen LogP contribution in [-0.4, -0.2) is 6.61 Å². The molecule has 0 saturated heterocycles. The van der Waals surface area contributed by atoms with E-state index in [4.69, 9.17) is 4.74 Å². The van der Waals surface area contributed by atoms with Crippen LogP contribution in [0.5, 0.6) is 5.75 Å². The van der Waals surface area contributed by atoms with E-state index in [9.17, 15) is 0 Å². The van der Waals surface area contributed by atoms with Crippen molar-refractivity contribution in [3.63, 3.8) is 0 Å². The lowest BCUT2D eigenvalue weighted by Crippen LogP contribution is -2.13. The van der Waals surface area contributed by atoms with Crippen molar-refractivity contribution < 1.29 is 4.74 Å². The molecule has 0 spiro atoms. The molecule has 0 aromatic heterocycles. The number of unbranched alkanes of at least 4 members (excludes halogenated alkanes) is 1. The molecule has 24 heavy (non-hydrogen) atoms. The lowest BCUT2D eigenvalue weighted by atomic mass is 9.80. The lowest BCUT2D eigenvalue weighted by molar-refractivity contribution is 0.311. The van der Waals surface area contributed by atoms with Gasteiger partial charge in [0.1, 0.15) is 5.75 Å². The fourth-order valence-corrected chi connectivity index (χ4v) is 3.55. The summed E-state index contributed by atoms with van der Waals surface area (Å²) in [7, 11) is 0. The molecule has 126 valence electrons. The first kappa shape index (κ1) is 16.8. The Labute approximate surface area is 146 Å². The third-order valence-corrected chi connectivity index (χ3v) is 5.09. The molecular weight excluding hydrogens is 292 g/mol. The van der Waals surface area contributed by atoms with Gasteiger partial charge in [-0.15, -0.1) is 6.58 Å². The van der Waals surface area contributed by atoms with Crippen molar-refractivity contribution in [1.29, 1.82) is 0 Å². The molecule has 0 radical (unpaired) electrons. The fraction of sp³-hybridized carbons (Fsp3) is 0.391. The minimum Gasteiger partial charge on any atom is -0.494 e. The number of hydrogen-bond acceptors (Lipinski definition) is 1. The molecule has 1 atom stereocenters. The first-order chi connectivity index (χ1) is 11.8. The highest BCUT2D eigenvalue weighted by molar-refractivity contribution is 5.39. The predicted octanol–water partition coefficient (Wildman–Crippen LogP) is 5.87. The number of benzene rings is 2. The maximum absolute atomic E-state index is 5.86. The van der Waals surface area contributed by atoms with Crippen molar-refractivity contribution in [2.75, 3.05) is 6.61 Å². The van der Waals surface area contributed by atoms with Crippen LogP contribution in [0.2, 0.25) is 0 Å². The fourth-order valence-electron chi connectivity index (χ4n) is 3.55. The van der Waals surface area contributed by atoms with Crippen LogP contribution in [0.4, 0.5) is 0 Å². The van der Waals surface area contributed by atoms with Crippen molar-refractivity contribution in [2.45, 2.75) is 51.4 Å². The van der Waals surface area contributed by atoms with E-state index >= 15 is 0 Å². The lowest BCUT2D eigenvalue weighted by Gasteiger charge is -2.25. The Morgan fingerprint density at radius 1 is 1.12 bits per heavy atom. The summed E-state index contributed by atoms with van der Waals surface area (Å²) in [6.07, 6.45) is 8.65. The van der Waals surface area contributed by atoms with E-state index < -0.39 is 0 Å². The van der Waals surface area contributed by atoms with Gasteiger partial charge in [-0.05, 0) is 78.8 Å². The first-order valence-corrected chi connectivity index (χ1v) is 9.24. The third kappa shape index (κ3) is 4.08. The molecule has 0 bridgehead atoms. The second kappa shape index (κ2) is 8.19. The predicted molar refractivity (Wildman–Crippen MR) is 102 cm³/mol. The molecule has 1 heteroatoms. The maximum atomic E-state index is 5.86. The summed E-state index contributed by atoms with van der Waals surface area (Å²) < 4.78 is 5.86. The van der Waals surface area contributed by atoms with E-state index in [0.717, 1.165) is 44.5 Å². The monoisotopic (exact) mass is 320 g/mol. The van der Waals surface area contributed by atoms with Crippen LogP contribution in [0.25, 0.3) is 0 Å². The Balaban J connectivity index is 1.64. The largest absolute Gasteiger partial charge is 0.494 e. The highest BCUT2D eigenvalue weighted by atomic mass is 16.5. The van der Waals surface area contributed by atoms with Crippen LogP contribution < -0.4 is 4.74 Å². The molecular formula is C23H28O. The number of fused-ring (bicyclic) bond motifs is 1. The molecule has 1 unspecified atom stereocenters. The van der Waals surface area contributed by atoms with Gasteiger partial charge in [0.15, 0.2) is 0 Å². The Kier molecular flexibility index (Phi) is 5.74. The van der Waals surface area contributed by atoms with Gasteiger partial charge in [-0.1, -0.05) is 43.3 Å². The SMILES string of the molecule is C=CCCCOc1ccc2c(c1)CCC(c1ccc(CC)cc1)C2. The summed E-state index contributed by atoms with van der Waals surface area (Å²) in [5.74, 6) is 1.67. The minimum absolute atomic E-state index is 0.655. The van der Waals surface area contributed by atoms with Gasteiger partial charge in [0.25, 0.3) is 0 Å². The van der Waals surface area contributed by atoms with Crippen LogP contribution in [0.15, 0.2) is 55.1 Å². The van der Waals surface area contributed by atoms with Gasteiger partial charge in [0.2, 0.25) is 0 Å². The summed E-state index contributed by atoms with van der Waals surface area (Å²) in [4.78, 5) is 0. The third-order valence-electron chi connectivity index (χ3n) is 5.09. The summed E-state index contributed by atoms with van der Waals surface area (Å²) in [6, 6.07) is 15.9. The maximum Gasteiger partial charge on any atom is 0.119 e. The highest BCUT2D eigenvalue weighted by Gasteiger charge is 2.20. The normalized spacial score (nSPS) is 16.5. The van der Waals surface area contributed by atoms with Crippen molar-refractivity contribution >= 4 is 0 Å². The number of allylic oxidation sites excluding steroid dienone is 1. The molecule has 0 aliphatic heterocycles. The number of ether oxygens (including phenoxy) is 1. The van der Waals surface area contributed by atoms with Gasteiger partial charge < -0.3 is 4.74 Å². The molecule has 1 nitrogen and oxygen atoms in total. The summed E-state index contributed by atoms with van der Waals surface area (Å²) in [5.41, 5.74) is 5.87. The number of rotatable bonds is 7. The van der Waals surface area contributed by atoms with Crippen molar-refractivity contribution in [3.8, 4) is 5.75 Å². The zero-order valence-electron chi connectivity index (χ0n) is 14.8. The Morgan fingerprint density at radius 2 is 1.96 bits per heavy atom. The molecule has 3 rings (SSSR count). The van der Waals surface area contributed by atoms with Crippen LogP contribution in [-0.2, 0) is 19.3 Å². The van der Waals surface area contributed by atoms with Gasteiger partial charge >= 0.3 is 0 Å². The van der Waals surface area contributed by atoms with Crippen molar-refractivity contribution in [2.24, 2.45) is 0 Å². The quantitative estimate of drug-likeness (QED) is 0.458. The molecule has 2 aromatic carbocycles. The second-order valence-corrected chi connectivity index (χ2v) is 6.74. The van der Waals surface area contributed by atoms with Crippen LogP contribution >= 0.6 is 0 Å². The average molecular weight is 320 g/mol. The summed E-state index contributed by atoms with van der Waals surface area (Å²) >= 11 is 0.